The lowest BCUT2D eigenvalue weighted by Crippen LogP contribution is -2.52. The van der Waals surface area contributed by atoms with Gasteiger partial charge in [0.1, 0.15) is 11.8 Å². The topological polar surface area (TPSA) is 58.6 Å². The number of carbonyl (C=O) groups excluding carboxylic acids is 2. The summed E-state index contributed by atoms with van der Waals surface area (Å²) in [5.41, 5.74) is 1.95. The van der Waals surface area contributed by atoms with E-state index < -0.39 is 6.04 Å². The third-order valence-corrected chi connectivity index (χ3v) is 6.58. The molecule has 1 N–H and O–H groups in total. The van der Waals surface area contributed by atoms with Crippen molar-refractivity contribution in [2.24, 2.45) is 0 Å². The van der Waals surface area contributed by atoms with E-state index in [1.807, 2.05) is 61.5 Å². The Balaban J connectivity index is 1.77. The first-order valence-electron chi connectivity index (χ1n) is 12.7. The number of nitrogens with zero attached hydrogens (tertiary/aromatic N) is 1. The van der Waals surface area contributed by atoms with Crippen LogP contribution in [0.2, 0.25) is 0 Å². The Morgan fingerprint density at radius 2 is 1.65 bits per heavy atom. The minimum Gasteiger partial charge on any atom is -0.483 e. The zero-order chi connectivity index (χ0) is 24.6. The van der Waals surface area contributed by atoms with E-state index in [2.05, 4.69) is 26.1 Å². The van der Waals surface area contributed by atoms with Gasteiger partial charge in [-0.1, -0.05) is 95.5 Å². The van der Waals surface area contributed by atoms with Crippen LogP contribution in [-0.2, 0) is 21.5 Å². The van der Waals surface area contributed by atoms with Crippen LogP contribution < -0.4 is 10.1 Å². The van der Waals surface area contributed by atoms with Crippen molar-refractivity contribution in [1.82, 2.24) is 10.2 Å². The summed E-state index contributed by atoms with van der Waals surface area (Å²) in [5, 5.41) is 3.22. The fourth-order valence-corrected chi connectivity index (χ4v) is 4.68. The predicted molar refractivity (Wildman–Crippen MR) is 137 cm³/mol. The maximum Gasteiger partial charge on any atom is 0.261 e. The number of ether oxygens (including phenoxy) is 1. The molecule has 0 saturated heterocycles. The lowest BCUT2D eigenvalue weighted by atomic mass is 9.86. The van der Waals surface area contributed by atoms with Crippen LogP contribution >= 0.6 is 0 Å². The van der Waals surface area contributed by atoms with E-state index in [0.29, 0.717) is 18.7 Å². The van der Waals surface area contributed by atoms with E-state index >= 15 is 0 Å². The molecule has 0 heterocycles. The van der Waals surface area contributed by atoms with E-state index in [9.17, 15) is 9.59 Å². The molecule has 2 amide bonds. The van der Waals surface area contributed by atoms with Crippen LogP contribution in [0.25, 0.3) is 0 Å². The van der Waals surface area contributed by atoms with Gasteiger partial charge in [-0.05, 0) is 41.9 Å². The second-order valence-corrected chi connectivity index (χ2v) is 10.3. The minimum absolute atomic E-state index is 0.0613. The first-order valence-corrected chi connectivity index (χ1v) is 12.7. The van der Waals surface area contributed by atoms with Gasteiger partial charge in [0.25, 0.3) is 5.91 Å². The van der Waals surface area contributed by atoms with E-state index in [1.165, 1.54) is 6.42 Å². The monoisotopic (exact) mass is 464 g/mol. The Hall–Kier alpha value is -2.82. The third-order valence-electron chi connectivity index (χ3n) is 6.58. The van der Waals surface area contributed by atoms with Crippen molar-refractivity contribution in [2.45, 2.75) is 90.3 Å². The van der Waals surface area contributed by atoms with E-state index in [4.69, 9.17) is 4.74 Å². The van der Waals surface area contributed by atoms with Gasteiger partial charge in [-0.15, -0.1) is 0 Å². The quantitative estimate of drug-likeness (QED) is 0.524. The number of para-hydroxylation sites is 1. The number of hydrogen-bond donors (Lipinski definition) is 1. The van der Waals surface area contributed by atoms with Gasteiger partial charge in [-0.3, -0.25) is 9.59 Å². The van der Waals surface area contributed by atoms with Gasteiger partial charge in [0.05, 0.1) is 0 Å². The summed E-state index contributed by atoms with van der Waals surface area (Å²) in [7, 11) is 0. The van der Waals surface area contributed by atoms with Crippen molar-refractivity contribution in [3.05, 3.63) is 65.7 Å². The molecule has 0 aliphatic heterocycles. The van der Waals surface area contributed by atoms with E-state index in [1.54, 1.807) is 4.90 Å². The van der Waals surface area contributed by atoms with Crippen LogP contribution in [0, 0.1) is 0 Å². The Morgan fingerprint density at radius 1 is 1.00 bits per heavy atom. The number of nitrogens with one attached hydrogen (secondary N) is 1. The molecule has 0 unspecified atom stereocenters. The van der Waals surface area contributed by atoms with Gasteiger partial charge in [-0.25, -0.2) is 0 Å². The van der Waals surface area contributed by atoms with Crippen molar-refractivity contribution in [3.8, 4) is 5.75 Å². The lowest BCUT2D eigenvalue weighted by molar-refractivity contribution is -0.143. The maximum atomic E-state index is 13.5. The highest BCUT2D eigenvalue weighted by Gasteiger charge is 2.31. The molecule has 1 aliphatic carbocycles. The van der Waals surface area contributed by atoms with E-state index in [-0.39, 0.29) is 29.9 Å². The smallest absolute Gasteiger partial charge is 0.261 e. The average Bonchev–Trinajstić information content (AvgIpc) is 2.83. The lowest BCUT2D eigenvalue weighted by Gasteiger charge is -2.33. The fourth-order valence-electron chi connectivity index (χ4n) is 4.68. The standard InChI is InChI=1S/C29H40N2O3/c1-5-25(28(33)30-23-16-10-7-11-17-23)31(20-22-14-8-6-9-15-22)27(32)21-34-26-19-13-12-18-24(26)29(2,3)4/h6,8-9,12-15,18-19,23,25H,5,7,10-11,16-17,20-21H2,1-4H3,(H,30,33)/t25-/m1/s1. The zero-order valence-corrected chi connectivity index (χ0v) is 21.2. The molecule has 1 aliphatic rings. The van der Waals surface area contributed by atoms with Gasteiger partial charge < -0.3 is 15.0 Å². The molecule has 3 rings (SSSR count). The highest BCUT2D eigenvalue weighted by Crippen LogP contribution is 2.31. The Labute approximate surface area is 204 Å². The second-order valence-electron chi connectivity index (χ2n) is 10.3. The molecule has 0 radical (unpaired) electrons. The summed E-state index contributed by atoms with van der Waals surface area (Å²) >= 11 is 0. The van der Waals surface area contributed by atoms with Crippen molar-refractivity contribution < 1.29 is 14.3 Å². The molecular weight excluding hydrogens is 424 g/mol. The van der Waals surface area contributed by atoms with Crippen LogP contribution in [0.15, 0.2) is 54.6 Å². The molecule has 0 bridgehead atoms. The maximum absolute atomic E-state index is 13.5. The van der Waals surface area contributed by atoms with Crippen molar-refractivity contribution >= 4 is 11.8 Å². The fraction of sp³-hybridized carbons (Fsp3) is 0.517. The first-order chi connectivity index (χ1) is 16.3. The van der Waals surface area contributed by atoms with Crippen molar-refractivity contribution in [2.75, 3.05) is 6.61 Å². The summed E-state index contributed by atoms with van der Waals surface area (Å²) < 4.78 is 6.05. The normalized spacial score (nSPS) is 15.4. The van der Waals surface area contributed by atoms with Crippen LogP contribution in [0.4, 0.5) is 0 Å². The van der Waals surface area contributed by atoms with Gasteiger partial charge in [0.2, 0.25) is 5.91 Å². The summed E-state index contributed by atoms with van der Waals surface area (Å²) in [6, 6.07) is 17.4. The summed E-state index contributed by atoms with van der Waals surface area (Å²) in [6.07, 6.45) is 6.11. The second kappa shape index (κ2) is 12.0. The Kier molecular flexibility index (Phi) is 9.14. The van der Waals surface area contributed by atoms with E-state index in [0.717, 1.165) is 36.8 Å². The van der Waals surface area contributed by atoms with Gasteiger partial charge >= 0.3 is 0 Å². The molecule has 2 aromatic rings. The van der Waals surface area contributed by atoms with Crippen LogP contribution in [0.5, 0.6) is 5.75 Å². The van der Waals surface area contributed by atoms with Gasteiger partial charge in [0, 0.05) is 12.6 Å². The molecule has 5 heteroatoms. The summed E-state index contributed by atoms with van der Waals surface area (Å²) in [6.45, 7) is 8.62. The molecule has 2 aromatic carbocycles. The molecule has 5 nitrogen and oxygen atoms in total. The molecule has 1 fully saturated rings. The van der Waals surface area contributed by atoms with Gasteiger partial charge in [0.15, 0.2) is 6.61 Å². The zero-order valence-electron chi connectivity index (χ0n) is 21.2. The highest BCUT2D eigenvalue weighted by atomic mass is 16.5. The highest BCUT2D eigenvalue weighted by molar-refractivity contribution is 5.88. The number of carbonyl (C=O) groups is 2. The SMILES string of the molecule is CC[C@H](C(=O)NC1CCCCC1)N(Cc1ccccc1)C(=O)COc1ccccc1C(C)(C)C. The minimum atomic E-state index is -0.531. The number of hydrogen-bond acceptors (Lipinski definition) is 3. The molecule has 34 heavy (non-hydrogen) atoms. The number of amides is 2. The molecule has 1 saturated carbocycles. The predicted octanol–water partition coefficient (Wildman–Crippen LogP) is 5.62. The van der Waals surface area contributed by atoms with Crippen molar-refractivity contribution in [1.29, 1.82) is 0 Å². The van der Waals surface area contributed by atoms with Crippen LogP contribution in [-0.4, -0.2) is 35.4 Å². The average molecular weight is 465 g/mol. The molecular formula is C29H40N2O3. The number of rotatable bonds is 9. The molecule has 184 valence electrons. The third kappa shape index (κ3) is 7.09. The Morgan fingerprint density at radius 3 is 2.29 bits per heavy atom. The summed E-state index contributed by atoms with van der Waals surface area (Å²) in [5.74, 6) is 0.467. The molecule has 1 atom stereocenters. The Bertz CT molecular complexity index is 930. The van der Waals surface area contributed by atoms with Gasteiger partial charge in [-0.2, -0.15) is 0 Å². The van der Waals surface area contributed by atoms with Crippen molar-refractivity contribution in [3.63, 3.8) is 0 Å². The summed E-state index contributed by atoms with van der Waals surface area (Å²) in [4.78, 5) is 28.5. The molecule has 0 spiro atoms. The first kappa shape index (κ1) is 25.8. The molecule has 0 aromatic heterocycles. The largest absolute Gasteiger partial charge is 0.483 e. The number of benzene rings is 2. The van der Waals surface area contributed by atoms with Crippen LogP contribution in [0.1, 0.15) is 77.3 Å². The van der Waals surface area contributed by atoms with Crippen LogP contribution in [0.3, 0.4) is 0 Å².